The molecule has 1 aromatic rings. The first-order chi connectivity index (χ1) is 9.25. The monoisotopic (exact) mass is 263 g/mol. The van der Waals surface area contributed by atoms with E-state index in [0.29, 0.717) is 6.54 Å². The summed E-state index contributed by atoms with van der Waals surface area (Å²) in [4.78, 5) is 13.9. The van der Waals surface area contributed by atoms with Crippen LogP contribution in [0.3, 0.4) is 0 Å². The van der Waals surface area contributed by atoms with Gasteiger partial charge in [0.15, 0.2) is 0 Å². The number of nitrogens with zero attached hydrogens (tertiary/aromatic N) is 1. The molecule has 104 valence electrons. The Bertz CT molecular complexity index is 391. The van der Waals surface area contributed by atoms with Crippen LogP contribution in [0.4, 0.5) is 0 Å². The number of piperazine rings is 1. The van der Waals surface area contributed by atoms with Crippen LogP contribution in [0.5, 0.6) is 0 Å². The molecule has 1 amide bonds. The molecular weight excluding hydrogens is 242 g/mol. The SMILES string of the molecule is O=C(CN1CCNCC1)NCC(O)c1ccccc1. The number of carbonyl (C=O) groups is 1. The number of rotatable bonds is 5. The predicted molar refractivity (Wildman–Crippen MR) is 73.7 cm³/mol. The molecule has 1 heterocycles. The summed E-state index contributed by atoms with van der Waals surface area (Å²) in [5, 5.41) is 16.0. The van der Waals surface area contributed by atoms with Crippen molar-refractivity contribution in [1.82, 2.24) is 15.5 Å². The zero-order chi connectivity index (χ0) is 13.5. The maximum absolute atomic E-state index is 11.8. The van der Waals surface area contributed by atoms with E-state index in [1.54, 1.807) is 0 Å². The number of benzene rings is 1. The highest BCUT2D eigenvalue weighted by Gasteiger charge is 2.14. The van der Waals surface area contributed by atoms with Gasteiger partial charge in [0.25, 0.3) is 0 Å². The van der Waals surface area contributed by atoms with E-state index in [-0.39, 0.29) is 12.5 Å². The van der Waals surface area contributed by atoms with Crippen LogP contribution in [0.2, 0.25) is 0 Å². The lowest BCUT2D eigenvalue weighted by Gasteiger charge is -2.26. The number of nitrogens with one attached hydrogen (secondary N) is 2. The lowest BCUT2D eigenvalue weighted by atomic mass is 10.1. The van der Waals surface area contributed by atoms with Gasteiger partial charge in [0, 0.05) is 32.7 Å². The molecule has 3 N–H and O–H groups in total. The molecule has 1 aromatic carbocycles. The van der Waals surface area contributed by atoms with Crippen LogP contribution < -0.4 is 10.6 Å². The van der Waals surface area contributed by atoms with Gasteiger partial charge < -0.3 is 15.7 Å². The molecule has 0 spiro atoms. The predicted octanol–water partition coefficient (Wildman–Crippen LogP) is -0.259. The Morgan fingerprint density at radius 3 is 2.68 bits per heavy atom. The second-order valence-corrected chi connectivity index (χ2v) is 4.76. The average molecular weight is 263 g/mol. The van der Waals surface area contributed by atoms with Gasteiger partial charge in [0.1, 0.15) is 0 Å². The fourth-order valence-electron chi connectivity index (χ4n) is 2.13. The van der Waals surface area contributed by atoms with Crippen molar-refractivity contribution in [3.63, 3.8) is 0 Å². The maximum Gasteiger partial charge on any atom is 0.234 e. The summed E-state index contributed by atoms with van der Waals surface area (Å²) in [5.41, 5.74) is 0.824. The van der Waals surface area contributed by atoms with E-state index in [1.165, 1.54) is 0 Å². The molecule has 0 aromatic heterocycles. The fraction of sp³-hybridized carbons (Fsp3) is 0.500. The van der Waals surface area contributed by atoms with Gasteiger partial charge in [-0.1, -0.05) is 30.3 Å². The third kappa shape index (κ3) is 4.63. The zero-order valence-electron chi connectivity index (χ0n) is 11.0. The molecule has 1 atom stereocenters. The Morgan fingerprint density at radius 2 is 2.00 bits per heavy atom. The number of aliphatic hydroxyl groups excluding tert-OH is 1. The van der Waals surface area contributed by atoms with Crippen LogP contribution in [0, 0.1) is 0 Å². The van der Waals surface area contributed by atoms with Gasteiger partial charge in [-0.15, -0.1) is 0 Å². The Labute approximate surface area is 113 Å². The molecule has 5 heteroatoms. The fourth-order valence-corrected chi connectivity index (χ4v) is 2.13. The summed E-state index contributed by atoms with van der Waals surface area (Å²) in [7, 11) is 0. The second-order valence-electron chi connectivity index (χ2n) is 4.76. The number of hydrogen-bond acceptors (Lipinski definition) is 4. The molecule has 19 heavy (non-hydrogen) atoms. The smallest absolute Gasteiger partial charge is 0.234 e. The van der Waals surface area contributed by atoms with Gasteiger partial charge in [0.2, 0.25) is 5.91 Å². The van der Waals surface area contributed by atoms with E-state index < -0.39 is 6.10 Å². The maximum atomic E-state index is 11.8. The summed E-state index contributed by atoms with van der Waals surface area (Å²) in [6.45, 7) is 4.32. The Kier molecular flexibility index (Phi) is 5.32. The highest BCUT2D eigenvalue weighted by atomic mass is 16.3. The highest BCUT2D eigenvalue weighted by molar-refractivity contribution is 5.78. The minimum absolute atomic E-state index is 0.0307. The van der Waals surface area contributed by atoms with Crippen LogP contribution in [0.1, 0.15) is 11.7 Å². The van der Waals surface area contributed by atoms with Crippen molar-refractivity contribution in [2.75, 3.05) is 39.3 Å². The van der Waals surface area contributed by atoms with E-state index in [4.69, 9.17) is 0 Å². The number of carbonyl (C=O) groups excluding carboxylic acids is 1. The molecule has 0 aliphatic carbocycles. The molecule has 1 unspecified atom stereocenters. The van der Waals surface area contributed by atoms with Gasteiger partial charge >= 0.3 is 0 Å². The second kappa shape index (κ2) is 7.23. The minimum atomic E-state index is -0.645. The van der Waals surface area contributed by atoms with Gasteiger partial charge in [0.05, 0.1) is 12.6 Å². The first-order valence-corrected chi connectivity index (χ1v) is 6.68. The summed E-state index contributed by atoms with van der Waals surface area (Å²) < 4.78 is 0. The quantitative estimate of drug-likeness (QED) is 0.685. The number of hydrogen-bond donors (Lipinski definition) is 3. The van der Waals surface area contributed by atoms with E-state index >= 15 is 0 Å². The van der Waals surface area contributed by atoms with Crippen molar-refractivity contribution < 1.29 is 9.90 Å². The summed E-state index contributed by atoms with van der Waals surface area (Å²) in [5.74, 6) is -0.0307. The molecule has 5 nitrogen and oxygen atoms in total. The van der Waals surface area contributed by atoms with Crippen molar-refractivity contribution in [2.24, 2.45) is 0 Å². The van der Waals surface area contributed by atoms with Crippen molar-refractivity contribution in [2.45, 2.75) is 6.10 Å². The minimum Gasteiger partial charge on any atom is -0.387 e. The summed E-state index contributed by atoms with van der Waals surface area (Å²) in [6.07, 6.45) is -0.645. The van der Waals surface area contributed by atoms with E-state index in [9.17, 15) is 9.90 Å². The molecule has 0 saturated carbocycles. The molecule has 1 saturated heterocycles. The first kappa shape index (κ1) is 14.0. The van der Waals surface area contributed by atoms with Crippen LogP contribution in [-0.2, 0) is 4.79 Å². The normalized spacial score (nSPS) is 17.9. The molecule has 1 aliphatic rings. The van der Waals surface area contributed by atoms with E-state index in [2.05, 4.69) is 15.5 Å². The Balaban J connectivity index is 1.71. The zero-order valence-corrected chi connectivity index (χ0v) is 11.0. The molecular formula is C14H21N3O2. The third-order valence-electron chi connectivity index (χ3n) is 3.25. The van der Waals surface area contributed by atoms with Crippen LogP contribution in [0.25, 0.3) is 0 Å². The average Bonchev–Trinajstić information content (AvgIpc) is 2.47. The molecule has 0 radical (unpaired) electrons. The van der Waals surface area contributed by atoms with Crippen LogP contribution >= 0.6 is 0 Å². The standard InChI is InChI=1S/C14H21N3O2/c18-13(12-4-2-1-3-5-12)10-16-14(19)11-17-8-6-15-7-9-17/h1-5,13,15,18H,6-11H2,(H,16,19). The van der Waals surface area contributed by atoms with E-state index in [1.807, 2.05) is 30.3 Å². The first-order valence-electron chi connectivity index (χ1n) is 6.68. The van der Waals surface area contributed by atoms with Crippen molar-refractivity contribution in [1.29, 1.82) is 0 Å². The summed E-state index contributed by atoms with van der Waals surface area (Å²) >= 11 is 0. The van der Waals surface area contributed by atoms with Gasteiger partial charge in [-0.05, 0) is 5.56 Å². The number of amides is 1. The lowest BCUT2D eigenvalue weighted by Crippen LogP contribution is -2.47. The van der Waals surface area contributed by atoms with Crippen LogP contribution in [0.15, 0.2) is 30.3 Å². The third-order valence-corrected chi connectivity index (χ3v) is 3.25. The lowest BCUT2D eigenvalue weighted by molar-refractivity contribution is -0.122. The molecule has 0 bridgehead atoms. The van der Waals surface area contributed by atoms with Gasteiger partial charge in [-0.3, -0.25) is 9.69 Å². The van der Waals surface area contributed by atoms with Gasteiger partial charge in [-0.2, -0.15) is 0 Å². The van der Waals surface area contributed by atoms with Gasteiger partial charge in [-0.25, -0.2) is 0 Å². The number of aliphatic hydroxyl groups is 1. The summed E-state index contributed by atoms with van der Waals surface area (Å²) in [6, 6.07) is 9.36. The van der Waals surface area contributed by atoms with Crippen molar-refractivity contribution >= 4 is 5.91 Å². The van der Waals surface area contributed by atoms with Crippen molar-refractivity contribution in [3.05, 3.63) is 35.9 Å². The molecule has 1 fully saturated rings. The topological polar surface area (TPSA) is 64.6 Å². The Morgan fingerprint density at radius 1 is 1.32 bits per heavy atom. The van der Waals surface area contributed by atoms with E-state index in [0.717, 1.165) is 31.7 Å². The Hall–Kier alpha value is -1.43. The van der Waals surface area contributed by atoms with Crippen LogP contribution in [-0.4, -0.2) is 55.2 Å². The van der Waals surface area contributed by atoms with Crippen molar-refractivity contribution in [3.8, 4) is 0 Å². The largest absolute Gasteiger partial charge is 0.387 e. The molecule has 1 aliphatic heterocycles. The molecule has 2 rings (SSSR count). The highest BCUT2D eigenvalue weighted by Crippen LogP contribution is 2.10.